The van der Waals surface area contributed by atoms with Gasteiger partial charge >= 0.3 is 0 Å². The zero-order chi connectivity index (χ0) is 20.6. The van der Waals surface area contributed by atoms with Gasteiger partial charge in [-0.25, -0.2) is 4.99 Å². The Morgan fingerprint density at radius 1 is 1.13 bits per heavy atom. The van der Waals surface area contributed by atoms with E-state index < -0.39 is 0 Å². The minimum atomic E-state index is -0.00290. The number of carbonyl (C=O) groups excluding carboxylic acids is 1. The summed E-state index contributed by atoms with van der Waals surface area (Å²) in [6.45, 7) is 2.59. The number of likely N-dealkylation sites (N-methyl/N-ethyl adjacent to an activating group) is 1. The fourth-order valence-electron chi connectivity index (χ4n) is 3.34. The molecule has 1 amide bonds. The van der Waals surface area contributed by atoms with Crippen LogP contribution in [0.3, 0.4) is 0 Å². The number of guanidine groups is 1. The predicted molar refractivity (Wildman–Crippen MR) is 132 cm³/mol. The number of rotatable bonds is 6. The van der Waals surface area contributed by atoms with Crippen LogP contribution in [0, 0.1) is 0 Å². The number of methoxy groups -OCH3 is 1. The second kappa shape index (κ2) is 11.8. The molecule has 1 aliphatic heterocycles. The van der Waals surface area contributed by atoms with Crippen molar-refractivity contribution in [3.8, 4) is 5.75 Å². The van der Waals surface area contributed by atoms with Crippen LogP contribution in [0.2, 0.25) is 0 Å². The summed E-state index contributed by atoms with van der Waals surface area (Å²) in [4.78, 5) is 20.5. The third-order valence-corrected chi connectivity index (χ3v) is 5.15. The first-order chi connectivity index (χ1) is 14.1. The summed E-state index contributed by atoms with van der Waals surface area (Å²) in [5.41, 5.74) is 3.94. The number of benzene rings is 2. The number of nitrogens with zero attached hydrogens (tertiary/aromatic N) is 3. The third kappa shape index (κ3) is 6.62. The van der Waals surface area contributed by atoms with E-state index in [4.69, 9.17) is 4.74 Å². The highest BCUT2D eigenvalue weighted by Gasteiger charge is 2.19. The number of hydrogen-bond donors (Lipinski definition) is 1. The Morgan fingerprint density at radius 2 is 1.83 bits per heavy atom. The molecule has 1 aliphatic rings. The Kier molecular flexibility index (Phi) is 9.42. The molecule has 30 heavy (non-hydrogen) atoms. The second-order valence-corrected chi connectivity index (χ2v) is 7.39. The SMILES string of the molecule is COc1ccc(CCNC(=NCC(=O)N(C)C)N2CCc3ccccc3C2)cc1.I. The van der Waals surface area contributed by atoms with Gasteiger partial charge in [-0.2, -0.15) is 0 Å². The van der Waals surface area contributed by atoms with Crippen molar-refractivity contribution in [2.45, 2.75) is 19.4 Å². The molecule has 3 rings (SSSR count). The van der Waals surface area contributed by atoms with E-state index in [0.717, 1.165) is 44.2 Å². The van der Waals surface area contributed by atoms with Gasteiger partial charge in [0.15, 0.2) is 5.96 Å². The highest BCUT2D eigenvalue weighted by molar-refractivity contribution is 14.0. The maximum Gasteiger partial charge on any atom is 0.243 e. The van der Waals surface area contributed by atoms with Crippen LogP contribution < -0.4 is 10.1 Å². The molecule has 162 valence electrons. The number of nitrogens with one attached hydrogen (secondary N) is 1. The minimum absolute atomic E-state index is 0. The van der Waals surface area contributed by atoms with Crippen molar-refractivity contribution < 1.29 is 9.53 Å². The van der Waals surface area contributed by atoms with Crippen LogP contribution in [0.4, 0.5) is 0 Å². The molecule has 0 aromatic heterocycles. The average Bonchev–Trinajstić information content (AvgIpc) is 2.75. The Balaban J connectivity index is 0.00000320. The normalized spacial score (nSPS) is 13.2. The van der Waals surface area contributed by atoms with Gasteiger partial charge in [-0.05, 0) is 41.7 Å². The lowest BCUT2D eigenvalue weighted by molar-refractivity contribution is -0.127. The molecule has 0 saturated heterocycles. The van der Waals surface area contributed by atoms with Gasteiger partial charge in [-0.3, -0.25) is 4.79 Å². The van der Waals surface area contributed by atoms with E-state index in [0.29, 0.717) is 0 Å². The van der Waals surface area contributed by atoms with Gasteiger partial charge in [0.2, 0.25) is 5.91 Å². The number of hydrogen-bond acceptors (Lipinski definition) is 3. The maximum atomic E-state index is 12.0. The van der Waals surface area contributed by atoms with Crippen LogP contribution >= 0.6 is 24.0 Å². The van der Waals surface area contributed by atoms with Crippen LogP contribution in [0.25, 0.3) is 0 Å². The Morgan fingerprint density at radius 3 is 2.50 bits per heavy atom. The number of halogens is 1. The van der Waals surface area contributed by atoms with Crippen molar-refractivity contribution in [2.75, 3.05) is 40.8 Å². The maximum absolute atomic E-state index is 12.0. The molecular weight excluding hydrogens is 491 g/mol. The highest BCUT2D eigenvalue weighted by atomic mass is 127. The lowest BCUT2D eigenvalue weighted by Gasteiger charge is -2.32. The van der Waals surface area contributed by atoms with Crippen LogP contribution in [-0.2, 0) is 24.2 Å². The molecule has 0 unspecified atom stereocenters. The van der Waals surface area contributed by atoms with E-state index >= 15 is 0 Å². The van der Waals surface area contributed by atoms with E-state index in [1.165, 1.54) is 16.7 Å². The molecule has 0 bridgehead atoms. The molecule has 0 fully saturated rings. The molecule has 2 aromatic carbocycles. The first-order valence-electron chi connectivity index (χ1n) is 10.00. The smallest absolute Gasteiger partial charge is 0.243 e. The summed E-state index contributed by atoms with van der Waals surface area (Å²) in [5, 5.41) is 3.47. The van der Waals surface area contributed by atoms with Gasteiger partial charge in [0.05, 0.1) is 7.11 Å². The Labute approximate surface area is 196 Å². The summed E-state index contributed by atoms with van der Waals surface area (Å²) in [5.74, 6) is 1.65. The summed E-state index contributed by atoms with van der Waals surface area (Å²) in [6, 6.07) is 16.6. The van der Waals surface area contributed by atoms with Crippen molar-refractivity contribution in [1.29, 1.82) is 0 Å². The van der Waals surface area contributed by atoms with Gasteiger partial charge in [0, 0.05) is 33.7 Å². The number of fused-ring (bicyclic) bond motifs is 1. The van der Waals surface area contributed by atoms with Crippen LogP contribution in [0.5, 0.6) is 5.75 Å². The quantitative estimate of drug-likeness (QED) is 0.360. The van der Waals surface area contributed by atoms with E-state index in [1.807, 2.05) is 12.1 Å². The lowest BCUT2D eigenvalue weighted by atomic mass is 10.0. The number of ether oxygens (including phenoxy) is 1. The minimum Gasteiger partial charge on any atom is -0.497 e. The first kappa shape index (κ1) is 24.0. The topological polar surface area (TPSA) is 57.2 Å². The lowest BCUT2D eigenvalue weighted by Crippen LogP contribution is -2.45. The summed E-state index contributed by atoms with van der Waals surface area (Å²) >= 11 is 0. The first-order valence-corrected chi connectivity index (χ1v) is 10.00. The highest BCUT2D eigenvalue weighted by Crippen LogP contribution is 2.18. The van der Waals surface area contributed by atoms with Gasteiger partial charge in [0.25, 0.3) is 0 Å². The van der Waals surface area contributed by atoms with E-state index in [-0.39, 0.29) is 36.4 Å². The molecule has 1 heterocycles. The van der Waals surface area contributed by atoms with Crippen molar-refractivity contribution in [3.63, 3.8) is 0 Å². The van der Waals surface area contributed by atoms with Crippen LogP contribution in [0.1, 0.15) is 16.7 Å². The molecule has 7 heteroatoms. The van der Waals surface area contributed by atoms with Gasteiger partial charge in [0.1, 0.15) is 12.3 Å². The van der Waals surface area contributed by atoms with Crippen molar-refractivity contribution in [3.05, 3.63) is 65.2 Å². The molecule has 0 spiro atoms. The standard InChI is InChI=1S/C23H30N4O2.HI/c1-26(2)22(28)16-25-23(24-14-12-18-8-10-21(29-3)11-9-18)27-15-13-19-6-4-5-7-20(19)17-27;/h4-11H,12-17H2,1-3H3,(H,24,25);1H. The average molecular weight is 522 g/mol. The van der Waals surface area contributed by atoms with Crippen LogP contribution in [0.15, 0.2) is 53.5 Å². The van der Waals surface area contributed by atoms with Gasteiger partial charge in [-0.15, -0.1) is 24.0 Å². The van der Waals surface area contributed by atoms with E-state index in [2.05, 4.69) is 51.6 Å². The second-order valence-electron chi connectivity index (χ2n) is 7.39. The summed E-state index contributed by atoms with van der Waals surface area (Å²) < 4.78 is 5.22. The van der Waals surface area contributed by atoms with Crippen molar-refractivity contribution >= 4 is 35.8 Å². The molecule has 0 atom stereocenters. The third-order valence-electron chi connectivity index (χ3n) is 5.15. The zero-order valence-electron chi connectivity index (χ0n) is 17.9. The summed E-state index contributed by atoms with van der Waals surface area (Å²) in [6.07, 6.45) is 1.85. The van der Waals surface area contributed by atoms with Crippen molar-refractivity contribution in [1.82, 2.24) is 15.1 Å². The largest absolute Gasteiger partial charge is 0.497 e. The monoisotopic (exact) mass is 522 g/mol. The van der Waals surface area contributed by atoms with Gasteiger partial charge < -0.3 is 19.9 Å². The summed E-state index contributed by atoms with van der Waals surface area (Å²) in [7, 11) is 5.18. The number of aliphatic imine (C=N–C) groups is 1. The number of amides is 1. The number of carbonyl (C=O) groups is 1. The molecule has 0 radical (unpaired) electrons. The van der Waals surface area contributed by atoms with Crippen LogP contribution in [-0.4, -0.2) is 62.5 Å². The van der Waals surface area contributed by atoms with E-state index in [9.17, 15) is 4.79 Å². The molecule has 2 aromatic rings. The Hall–Kier alpha value is -2.29. The van der Waals surface area contributed by atoms with E-state index in [1.54, 1.807) is 26.1 Å². The Bertz CT molecular complexity index is 853. The molecule has 6 nitrogen and oxygen atoms in total. The predicted octanol–water partition coefficient (Wildman–Crippen LogP) is 2.95. The van der Waals surface area contributed by atoms with Crippen molar-refractivity contribution in [2.24, 2.45) is 4.99 Å². The fraction of sp³-hybridized carbons (Fsp3) is 0.391. The van der Waals surface area contributed by atoms with Gasteiger partial charge in [-0.1, -0.05) is 36.4 Å². The zero-order valence-corrected chi connectivity index (χ0v) is 20.3. The fourth-order valence-corrected chi connectivity index (χ4v) is 3.34. The molecule has 0 saturated carbocycles. The molecule has 0 aliphatic carbocycles. The molecule has 1 N–H and O–H groups in total. The molecular formula is C23H31IN4O2.